The summed E-state index contributed by atoms with van der Waals surface area (Å²) in [5, 5.41) is 0. The monoisotopic (exact) mass is 285 g/mol. The standard InChI is InChI=1S/C21H19N/c1-16(2)19-15-21(18-11-7-4-8-12-18)22-20(19)14-13-17-9-5-3-6-10-17/h3-12,15-16,22H,1-2H3. The van der Waals surface area contributed by atoms with Crippen LogP contribution in [0.25, 0.3) is 11.3 Å². The highest BCUT2D eigenvalue weighted by atomic mass is 14.7. The van der Waals surface area contributed by atoms with E-state index in [1.54, 1.807) is 0 Å². The number of H-pyrrole nitrogens is 1. The molecule has 0 atom stereocenters. The van der Waals surface area contributed by atoms with E-state index in [-0.39, 0.29) is 0 Å². The Balaban J connectivity index is 2.01. The number of hydrogen-bond acceptors (Lipinski definition) is 0. The highest BCUT2D eigenvalue weighted by molar-refractivity contribution is 5.63. The quantitative estimate of drug-likeness (QED) is 0.622. The molecule has 0 unspecified atom stereocenters. The Labute approximate surface area is 132 Å². The van der Waals surface area contributed by atoms with Crippen molar-refractivity contribution in [3.05, 3.63) is 83.6 Å². The van der Waals surface area contributed by atoms with Crippen molar-refractivity contribution in [1.29, 1.82) is 0 Å². The molecule has 0 bridgehead atoms. The second-order valence-electron chi connectivity index (χ2n) is 5.65. The fourth-order valence-electron chi connectivity index (χ4n) is 2.46. The first kappa shape index (κ1) is 14.2. The van der Waals surface area contributed by atoms with Crippen LogP contribution in [0, 0.1) is 11.8 Å². The summed E-state index contributed by atoms with van der Waals surface area (Å²) in [6.07, 6.45) is 0. The van der Waals surface area contributed by atoms with Crippen LogP contribution in [0.1, 0.15) is 36.6 Å². The van der Waals surface area contributed by atoms with Gasteiger partial charge in [0.2, 0.25) is 0 Å². The summed E-state index contributed by atoms with van der Waals surface area (Å²) >= 11 is 0. The largest absolute Gasteiger partial charge is 0.348 e. The van der Waals surface area contributed by atoms with Gasteiger partial charge in [-0.25, -0.2) is 0 Å². The molecule has 1 heterocycles. The molecular weight excluding hydrogens is 266 g/mol. The number of aromatic amines is 1. The number of nitrogens with one attached hydrogen (secondary N) is 1. The molecule has 0 aliphatic carbocycles. The number of aromatic nitrogens is 1. The van der Waals surface area contributed by atoms with Crippen molar-refractivity contribution in [2.45, 2.75) is 19.8 Å². The minimum atomic E-state index is 0.439. The second-order valence-corrected chi connectivity index (χ2v) is 5.65. The molecule has 0 radical (unpaired) electrons. The minimum Gasteiger partial charge on any atom is -0.348 e. The van der Waals surface area contributed by atoms with E-state index in [0.717, 1.165) is 17.0 Å². The zero-order valence-electron chi connectivity index (χ0n) is 12.9. The lowest BCUT2D eigenvalue weighted by Gasteiger charge is -2.01. The molecule has 1 nitrogen and oxygen atoms in total. The van der Waals surface area contributed by atoms with Gasteiger partial charge in [-0.1, -0.05) is 68.3 Å². The summed E-state index contributed by atoms with van der Waals surface area (Å²) < 4.78 is 0. The van der Waals surface area contributed by atoms with E-state index in [1.807, 2.05) is 36.4 Å². The minimum absolute atomic E-state index is 0.439. The molecule has 0 saturated heterocycles. The molecule has 0 saturated carbocycles. The van der Waals surface area contributed by atoms with E-state index < -0.39 is 0 Å². The summed E-state index contributed by atoms with van der Waals surface area (Å²) in [5.74, 6) is 6.97. The third-order valence-corrected chi connectivity index (χ3v) is 3.66. The third kappa shape index (κ3) is 3.13. The molecule has 1 aromatic heterocycles. The lowest BCUT2D eigenvalue weighted by molar-refractivity contribution is 0.865. The SMILES string of the molecule is CC(C)c1cc(-c2ccccc2)[nH]c1C#Cc1ccccc1. The van der Waals surface area contributed by atoms with Crippen molar-refractivity contribution >= 4 is 0 Å². The number of hydrogen-bond donors (Lipinski definition) is 1. The van der Waals surface area contributed by atoms with Crippen molar-refractivity contribution in [3.8, 4) is 23.1 Å². The van der Waals surface area contributed by atoms with Gasteiger partial charge in [0.15, 0.2) is 0 Å². The Morgan fingerprint density at radius 2 is 1.45 bits per heavy atom. The molecule has 2 aromatic carbocycles. The first-order valence-corrected chi connectivity index (χ1v) is 7.59. The van der Waals surface area contributed by atoms with Crippen molar-refractivity contribution in [1.82, 2.24) is 4.98 Å². The maximum absolute atomic E-state index is 3.48. The molecule has 3 aromatic rings. The molecular formula is C21H19N. The van der Waals surface area contributed by atoms with Crippen LogP contribution in [0.4, 0.5) is 0 Å². The van der Waals surface area contributed by atoms with E-state index in [4.69, 9.17) is 0 Å². The van der Waals surface area contributed by atoms with Gasteiger partial charge in [-0.05, 0) is 41.2 Å². The van der Waals surface area contributed by atoms with E-state index in [9.17, 15) is 0 Å². The van der Waals surface area contributed by atoms with Crippen LogP contribution in [0.2, 0.25) is 0 Å². The number of rotatable bonds is 2. The Morgan fingerprint density at radius 1 is 0.818 bits per heavy atom. The summed E-state index contributed by atoms with van der Waals surface area (Å²) in [6.45, 7) is 4.40. The Morgan fingerprint density at radius 3 is 2.09 bits per heavy atom. The first-order chi connectivity index (χ1) is 10.7. The van der Waals surface area contributed by atoms with Gasteiger partial charge >= 0.3 is 0 Å². The van der Waals surface area contributed by atoms with E-state index in [2.05, 4.69) is 61.0 Å². The average molecular weight is 285 g/mol. The predicted octanol–water partition coefficient (Wildman–Crippen LogP) is 5.20. The van der Waals surface area contributed by atoms with E-state index in [1.165, 1.54) is 11.1 Å². The van der Waals surface area contributed by atoms with Crippen LogP contribution in [-0.2, 0) is 0 Å². The van der Waals surface area contributed by atoms with Gasteiger partial charge in [0.25, 0.3) is 0 Å². The van der Waals surface area contributed by atoms with Gasteiger partial charge in [0.05, 0.1) is 5.69 Å². The van der Waals surface area contributed by atoms with Crippen LogP contribution in [0.15, 0.2) is 66.7 Å². The predicted molar refractivity (Wildman–Crippen MR) is 92.7 cm³/mol. The van der Waals surface area contributed by atoms with Crippen molar-refractivity contribution in [2.24, 2.45) is 0 Å². The topological polar surface area (TPSA) is 15.8 Å². The normalized spacial score (nSPS) is 10.3. The second kappa shape index (κ2) is 6.37. The summed E-state index contributed by atoms with van der Waals surface area (Å²) in [4.78, 5) is 3.48. The molecule has 0 fully saturated rings. The van der Waals surface area contributed by atoms with Gasteiger partial charge in [0.1, 0.15) is 0 Å². The molecule has 3 rings (SSSR count). The third-order valence-electron chi connectivity index (χ3n) is 3.66. The van der Waals surface area contributed by atoms with Gasteiger partial charge in [0, 0.05) is 11.3 Å². The Kier molecular flexibility index (Phi) is 4.12. The lowest BCUT2D eigenvalue weighted by atomic mass is 10.0. The Bertz CT molecular complexity index is 799. The van der Waals surface area contributed by atoms with Gasteiger partial charge in [-0.3, -0.25) is 0 Å². The Hall–Kier alpha value is -2.72. The van der Waals surface area contributed by atoms with Gasteiger partial charge < -0.3 is 4.98 Å². The average Bonchev–Trinajstić information content (AvgIpc) is 2.99. The fraction of sp³-hybridized carbons (Fsp3) is 0.143. The van der Waals surface area contributed by atoms with Crippen LogP contribution in [-0.4, -0.2) is 4.98 Å². The van der Waals surface area contributed by atoms with Crippen LogP contribution < -0.4 is 0 Å². The molecule has 0 aliphatic rings. The van der Waals surface area contributed by atoms with Crippen LogP contribution >= 0.6 is 0 Å². The van der Waals surface area contributed by atoms with E-state index >= 15 is 0 Å². The first-order valence-electron chi connectivity index (χ1n) is 7.59. The van der Waals surface area contributed by atoms with Gasteiger partial charge in [-0.2, -0.15) is 0 Å². The van der Waals surface area contributed by atoms with Crippen LogP contribution in [0.5, 0.6) is 0 Å². The summed E-state index contributed by atoms with van der Waals surface area (Å²) in [6, 6.07) is 22.7. The summed E-state index contributed by atoms with van der Waals surface area (Å²) in [7, 11) is 0. The maximum atomic E-state index is 3.48. The molecule has 0 amide bonds. The van der Waals surface area contributed by atoms with Crippen molar-refractivity contribution in [3.63, 3.8) is 0 Å². The lowest BCUT2D eigenvalue weighted by Crippen LogP contribution is -1.88. The van der Waals surface area contributed by atoms with Crippen LogP contribution in [0.3, 0.4) is 0 Å². The highest BCUT2D eigenvalue weighted by Crippen LogP contribution is 2.26. The molecule has 0 aliphatic heterocycles. The number of benzene rings is 2. The van der Waals surface area contributed by atoms with E-state index in [0.29, 0.717) is 5.92 Å². The highest BCUT2D eigenvalue weighted by Gasteiger charge is 2.10. The molecule has 0 spiro atoms. The fourth-order valence-corrected chi connectivity index (χ4v) is 2.46. The summed E-state index contributed by atoms with van der Waals surface area (Å²) in [5.41, 5.74) is 5.63. The zero-order chi connectivity index (χ0) is 15.4. The van der Waals surface area contributed by atoms with Gasteiger partial charge in [-0.15, -0.1) is 0 Å². The molecule has 108 valence electrons. The zero-order valence-corrected chi connectivity index (χ0v) is 12.9. The van der Waals surface area contributed by atoms with Crippen molar-refractivity contribution in [2.75, 3.05) is 0 Å². The molecule has 1 heteroatoms. The molecule has 22 heavy (non-hydrogen) atoms. The molecule has 1 N–H and O–H groups in total. The van der Waals surface area contributed by atoms with Crippen molar-refractivity contribution < 1.29 is 0 Å². The smallest absolute Gasteiger partial charge is 0.0937 e. The maximum Gasteiger partial charge on any atom is 0.0937 e.